The van der Waals surface area contributed by atoms with Gasteiger partial charge in [-0.15, -0.1) is 0 Å². The Bertz CT molecular complexity index is 467. The Balaban J connectivity index is 2.61. The molecular weight excluding hydrogens is 254 g/mol. The van der Waals surface area contributed by atoms with E-state index in [0.717, 1.165) is 11.5 Å². The highest BCUT2D eigenvalue weighted by Crippen LogP contribution is 2.17. The summed E-state index contributed by atoms with van der Waals surface area (Å²) in [6.07, 6.45) is -0.425. The first-order chi connectivity index (χ1) is 9.43. The summed E-state index contributed by atoms with van der Waals surface area (Å²) in [6.45, 7) is 6.35. The van der Waals surface area contributed by atoms with Gasteiger partial charge in [0.05, 0.1) is 12.4 Å². The van der Waals surface area contributed by atoms with Crippen LogP contribution < -0.4 is 10.2 Å². The van der Waals surface area contributed by atoms with E-state index in [1.807, 2.05) is 57.0 Å². The summed E-state index contributed by atoms with van der Waals surface area (Å²) < 4.78 is 5.06. The molecule has 5 heteroatoms. The number of nitrogens with zero attached hydrogens (tertiary/aromatic N) is 2. The third kappa shape index (κ3) is 4.91. The first-order valence-electron chi connectivity index (χ1n) is 6.65. The van der Waals surface area contributed by atoms with Crippen molar-refractivity contribution in [3.8, 4) is 0 Å². The van der Waals surface area contributed by atoms with Gasteiger partial charge in [0, 0.05) is 25.5 Å². The molecule has 0 aliphatic carbocycles. The van der Waals surface area contributed by atoms with Crippen LogP contribution in [0, 0.1) is 5.92 Å². The molecule has 0 aromatic heterocycles. The van der Waals surface area contributed by atoms with Crippen molar-refractivity contribution < 1.29 is 9.53 Å². The lowest BCUT2D eigenvalue weighted by Gasteiger charge is -2.18. The predicted molar refractivity (Wildman–Crippen MR) is 83.7 cm³/mol. The summed E-state index contributed by atoms with van der Waals surface area (Å²) in [5.41, 5.74) is 1.72. The maximum absolute atomic E-state index is 11.5. The van der Waals surface area contributed by atoms with E-state index in [0.29, 0.717) is 18.2 Å². The SMILES string of the molecule is CN=C(C)N(C)c1ccc(NC(=O)OCC(C)C)cc1. The molecule has 1 N–H and O–H groups in total. The number of hydrogen-bond donors (Lipinski definition) is 1. The Morgan fingerprint density at radius 2 is 1.95 bits per heavy atom. The average Bonchev–Trinajstić information content (AvgIpc) is 2.44. The highest BCUT2D eigenvalue weighted by Gasteiger charge is 2.06. The van der Waals surface area contributed by atoms with Crippen molar-refractivity contribution in [2.45, 2.75) is 20.8 Å². The van der Waals surface area contributed by atoms with Crippen molar-refractivity contribution in [3.05, 3.63) is 24.3 Å². The second kappa shape index (κ2) is 7.53. The summed E-state index contributed by atoms with van der Waals surface area (Å²) >= 11 is 0. The van der Waals surface area contributed by atoms with Gasteiger partial charge in [0.2, 0.25) is 0 Å². The zero-order valence-corrected chi connectivity index (χ0v) is 12.8. The number of anilines is 2. The molecule has 1 aromatic carbocycles. The number of amides is 1. The second-order valence-corrected chi connectivity index (χ2v) is 4.99. The van der Waals surface area contributed by atoms with Crippen molar-refractivity contribution in [2.75, 3.05) is 30.9 Å². The normalized spacial score (nSPS) is 11.4. The van der Waals surface area contributed by atoms with E-state index < -0.39 is 6.09 Å². The Labute approximate surface area is 120 Å². The van der Waals surface area contributed by atoms with Crippen LogP contribution in [0.1, 0.15) is 20.8 Å². The van der Waals surface area contributed by atoms with Crippen LogP contribution in [-0.4, -0.2) is 32.6 Å². The van der Waals surface area contributed by atoms with Crippen LogP contribution in [0.15, 0.2) is 29.3 Å². The van der Waals surface area contributed by atoms with Gasteiger partial charge in [0.15, 0.2) is 0 Å². The highest BCUT2D eigenvalue weighted by molar-refractivity contribution is 5.95. The van der Waals surface area contributed by atoms with Gasteiger partial charge in [-0.3, -0.25) is 10.3 Å². The molecule has 0 saturated heterocycles. The fourth-order valence-electron chi connectivity index (χ4n) is 1.50. The van der Waals surface area contributed by atoms with E-state index in [2.05, 4.69) is 10.3 Å². The van der Waals surface area contributed by atoms with Gasteiger partial charge < -0.3 is 9.64 Å². The summed E-state index contributed by atoms with van der Waals surface area (Å²) in [6, 6.07) is 7.52. The van der Waals surface area contributed by atoms with Gasteiger partial charge in [-0.1, -0.05) is 13.8 Å². The topological polar surface area (TPSA) is 53.9 Å². The predicted octanol–water partition coefficient (Wildman–Crippen LogP) is 3.38. The molecular formula is C15H23N3O2. The molecule has 0 aliphatic rings. The number of nitrogens with one attached hydrogen (secondary N) is 1. The minimum Gasteiger partial charge on any atom is -0.449 e. The van der Waals surface area contributed by atoms with Crippen LogP contribution in [0.2, 0.25) is 0 Å². The van der Waals surface area contributed by atoms with Crippen molar-refractivity contribution >= 4 is 23.3 Å². The zero-order chi connectivity index (χ0) is 15.1. The quantitative estimate of drug-likeness (QED) is 0.678. The molecule has 1 rings (SSSR count). The minimum atomic E-state index is -0.425. The molecule has 1 aromatic rings. The molecule has 5 nitrogen and oxygen atoms in total. The van der Waals surface area contributed by atoms with Crippen LogP contribution in [0.3, 0.4) is 0 Å². The fraction of sp³-hybridized carbons (Fsp3) is 0.467. The molecule has 0 spiro atoms. The minimum absolute atomic E-state index is 0.327. The molecule has 0 heterocycles. The lowest BCUT2D eigenvalue weighted by Crippen LogP contribution is -2.23. The number of hydrogen-bond acceptors (Lipinski definition) is 3. The molecule has 0 fully saturated rings. The molecule has 0 atom stereocenters. The van der Waals surface area contributed by atoms with E-state index in [-0.39, 0.29) is 0 Å². The van der Waals surface area contributed by atoms with Gasteiger partial charge in [-0.25, -0.2) is 4.79 Å². The number of ether oxygens (including phenoxy) is 1. The van der Waals surface area contributed by atoms with Gasteiger partial charge in [-0.2, -0.15) is 0 Å². The van der Waals surface area contributed by atoms with Crippen LogP contribution in [0.4, 0.5) is 16.2 Å². The van der Waals surface area contributed by atoms with E-state index in [1.165, 1.54) is 0 Å². The largest absolute Gasteiger partial charge is 0.449 e. The molecule has 110 valence electrons. The monoisotopic (exact) mass is 277 g/mol. The third-order valence-electron chi connectivity index (χ3n) is 2.86. The summed E-state index contributed by atoms with van der Waals surface area (Å²) in [7, 11) is 3.70. The van der Waals surface area contributed by atoms with Crippen molar-refractivity contribution in [1.29, 1.82) is 0 Å². The number of amidine groups is 1. The first kappa shape index (κ1) is 16.0. The summed E-state index contributed by atoms with van der Waals surface area (Å²) in [4.78, 5) is 17.6. The number of benzene rings is 1. The number of carbonyl (C=O) groups excluding carboxylic acids is 1. The Morgan fingerprint density at radius 1 is 1.35 bits per heavy atom. The second-order valence-electron chi connectivity index (χ2n) is 4.99. The van der Waals surface area contributed by atoms with E-state index in [9.17, 15) is 4.79 Å². The lowest BCUT2D eigenvalue weighted by atomic mass is 10.2. The first-order valence-corrected chi connectivity index (χ1v) is 6.65. The zero-order valence-electron chi connectivity index (χ0n) is 12.8. The summed E-state index contributed by atoms with van der Waals surface area (Å²) in [5, 5.41) is 2.70. The summed E-state index contributed by atoms with van der Waals surface area (Å²) in [5.74, 6) is 1.25. The fourth-order valence-corrected chi connectivity index (χ4v) is 1.50. The van der Waals surface area contributed by atoms with Gasteiger partial charge in [-0.05, 0) is 37.1 Å². The van der Waals surface area contributed by atoms with Crippen LogP contribution >= 0.6 is 0 Å². The maximum Gasteiger partial charge on any atom is 0.411 e. The van der Waals surface area contributed by atoms with Gasteiger partial charge in [0.1, 0.15) is 0 Å². The molecule has 1 amide bonds. The van der Waals surface area contributed by atoms with Crippen LogP contribution in [0.5, 0.6) is 0 Å². The average molecular weight is 277 g/mol. The van der Waals surface area contributed by atoms with Crippen molar-refractivity contribution in [2.24, 2.45) is 10.9 Å². The Kier molecular flexibility index (Phi) is 6.03. The highest BCUT2D eigenvalue weighted by atomic mass is 16.5. The van der Waals surface area contributed by atoms with Crippen LogP contribution in [-0.2, 0) is 4.74 Å². The molecule has 0 unspecified atom stereocenters. The number of rotatable bonds is 4. The van der Waals surface area contributed by atoms with Crippen molar-refractivity contribution in [1.82, 2.24) is 0 Å². The number of aliphatic imine (C=N–C) groups is 1. The van der Waals surface area contributed by atoms with Crippen LogP contribution in [0.25, 0.3) is 0 Å². The molecule has 20 heavy (non-hydrogen) atoms. The van der Waals surface area contributed by atoms with E-state index >= 15 is 0 Å². The third-order valence-corrected chi connectivity index (χ3v) is 2.86. The van der Waals surface area contributed by atoms with E-state index in [1.54, 1.807) is 7.05 Å². The number of carbonyl (C=O) groups is 1. The Hall–Kier alpha value is -2.04. The smallest absolute Gasteiger partial charge is 0.411 e. The molecule has 0 aliphatic heterocycles. The molecule has 0 radical (unpaired) electrons. The van der Waals surface area contributed by atoms with E-state index in [4.69, 9.17) is 4.74 Å². The molecule has 0 bridgehead atoms. The van der Waals surface area contributed by atoms with Crippen molar-refractivity contribution in [3.63, 3.8) is 0 Å². The Morgan fingerprint density at radius 3 is 2.45 bits per heavy atom. The lowest BCUT2D eigenvalue weighted by molar-refractivity contribution is 0.147. The standard InChI is InChI=1S/C15H23N3O2/c1-11(2)10-20-15(19)17-13-6-8-14(9-7-13)18(5)12(3)16-4/h6-9,11H,10H2,1-5H3,(H,17,19). The van der Waals surface area contributed by atoms with Gasteiger partial charge in [0.25, 0.3) is 0 Å². The van der Waals surface area contributed by atoms with Gasteiger partial charge >= 0.3 is 6.09 Å². The molecule has 0 saturated carbocycles. The maximum atomic E-state index is 11.5.